The molecule has 0 aliphatic rings. The number of aromatic nitrogens is 2. The molecule has 1 rings (SSSR count). The van der Waals surface area contributed by atoms with E-state index in [4.69, 9.17) is 5.73 Å². The second kappa shape index (κ2) is 6.77. The molecular formula is C13H26N4. The molecule has 4 heteroatoms. The molecule has 98 valence electrons. The fourth-order valence-electron chi connectivity index (χ4n) is 2.28. The number of hydrogen-bond donors (Lipinski definition) is 1. The molecule has 1 atom stereocenters. The highest BCUT2D eigenvalue weighted by Crippen LogP contribution is 2.20. The van der Waals surface area contributed by atoms with Gasteiger partial charge in [-0.3, -0.25) is 4.90 Å². The molecule has 1 heterocycles. The first-order valence-corrected chi connectivity index (χ1v) is 6.58. The maximum absolute atomic E-state index is 5.96. The van der Waals surface area contributed by atoms with Crippen LogP contribution < -0.4 is 5.73 Å². The van der Waals surface area contributed by atoms with E-state index < -0.39 is 0 Å². The molecule has 1 unspecified atom stereocenters. The number of hydrogen-bond acceptors (Lipinski definition) is 3. The van der Waals surface area contributed by atoms with E-state index in [1.54, 1.807) is 0 Å². The zero-order valence-electron chi connectivity index (χ0n) is 11.6. The van der Waals surface area contributed by atoms with Crippen molar-refractivity contribution in [1.82, 2.24) is 14.5 Å². The molecule has 2 N–H and O–H groups in total. The van der Waals surface area contributed by atoms with Crippen molar-refractivity contribution >= 4 is 0 Å². The minimum atomic E-state index is 0.282. The van der Waals surface area contributed by atoms with Crippen molar-refractivity contribution in [2.75, 3.05) is 19.6 Å². The van der Waals surface area contributed by atoms with Crippen LogP contribution in [0.25, 0.3) is 0 Å². The molecule has 0 saturated heterocycles. The highest BCUT2D eigenvalue weighted by Gasteiger charge is 2.21. The number of imidazole rings is 1. The van der Waals surface area contributed by atoms with Crippen LogP contribution in [0.15, 0.2) is 12.5 Å². The summed E-state index contributed by atoms with van der Waals surface area (Å²) in [4.78, 5) is 6.68. The number of likely N-dealkylation sites (N-methyl/N-ethyl adjacent to an activating group) is 1. The minimum Gasteiger partial charge on any atom is -0.333 e. The quantitative estimate of drug-likeness (QED) is 0.789. The van der Waals surface area contributed by atoms with Gasteiger partial charge in [0, 0.05) is 25.8 Å². The summed E-state index contributed by atoms with van der Waals surface area (Å²) < 4.78 is 2.18. The molecule has 1 aromatic heterocycles. The van der Waals surface area contributed by atoms with Gasteiger partial charge in [-0.25, -0.2) is 4.98 Å². The van der Waals surface area contributed by atoms with Crippen molar-refractivity contribution in [2.24, 2.45) is 11.7 Å². The Kier molecular flexibility index (Phi) is 5.65. The van der Waals surface area contributed by atoms with Gasteiger partial charge in [-0.1, -0.05) is 20.8 Å². The minimum absolute atomic E-state index is 0.282. The molecule has 4 nitrogen and oxygen atoms in total. The van der Waals surface area contributed by atoms with Crippen LogP contribution in [0.2, 0.25) is 0 Å². The summed E-state index contributed by atoms with van der Waals surface area (Å²) in [5, 5.41) is 0. The predicted octanol–water partition coefficient (Wildman–Crippen LogP) is 1.88. The first-order valence-electron chi connectivity index (χ1n) is 6.58. The van der Waals surface area contributed by atoms with Crippen molar-refractivity contribution in [3.63, 3.8) is 0 Å². The Bertz CT molecular complexity index is 319. The summed E-state index contributed by atoms with van der Waals surface area (Å²) in [6, 6.07) is 0.282. The van der Waals surface area contributed by atoms with Gasteiger partial charge in [0.2, 0.25) is 0 Å². The van der Waals surface area contributed by atoms with Crippen LogP contribution in [0.1, 0.15) is 39.4 Å². The van der Waals surface area contributed by atoms with Gasteiger partial charge in [0.15, 0.2) is 0 Å². The molecule has 0 spiro atoms. The molecule has 1 aromatic rings. The molecule has 0 aromatic carbocycles. The van der Waals surface area contributed by atoms with Crippen molar-refractivity contribution in [3.05, 3.63) is 18.2 Å². The van der Waals surface area contributed by atoms with Crippen LogP contribution in [-0.2, 0) is 6.54 Å². The van der Waals surface area contributed by atoms with Crippen molar-refractivity contribution < 1.29 is 0 Å². The Morgan fingerprint density at radius 3 is 2.59 bits per heavy atom. The van der Waals surface area contributed by atoms with E-state index in [0.717, 1.165) is 19.6 Å². The number of aryl methyl sites for hydroxylation is 1. The summed E-state index contributed by atoms with van der Waals surface area (Å²) in [5.41, 5.74) is 7.19. The Labute approximate surface area is 105 Å². The van der Waals surface area contributed by atoms with Gasteiger partial charge < -0.3 is 10.3 Å². The molecule has 0 amide bonds. The standard InChI is InChI=1S/C13H26N4/c1-5-16(9-11(3)4)12(7-14)13-8-15-10-17(13)6-2/h8,10-12H,5-7,9,14H2,1-4H3. The lowest BCUT2D eigenvalue weighted by atomic mass is 10.1. The summed E-state index contributed by atoms with van der Waals surface area (Å²) in [7, 11) is 0. The van der Waals surface area contributed by atoms with Crippen LogP contribution in [0.4, 0.5) is 0 Å². The SMILES string of the molecule is CCN(CC(C)C)C(CN)c1cncn1CC. The second-order valence-corrected chi connectivity index (χ2v) is 4.84. The van der Waals surface area contributed by atoms with Gasteiger partial charge in [0.1, 0.15) is 0 Å². The fraction of sp³-hybridized carbons (Fsp3) is 0.769. The number of nitrogens with two attached hydrogens (primary N) is 1. The summed E-state index contributed by atoms with van der Waals surface area (Å²) >= 11 is 0. The number of nitrogens with zero attached hydrogens (tertiary/aromatic N) is 3. The van der Waals surface area contributed by atoms with Crippen LogP contribution in [-0.4, -0.2) is 34.1 Å². The van der Waals surface area contributed by atoms with Crippen LogP contribution in [0.5, 0.6) is 0 Å². The summed E-state index contributed by atoms with van der Waals surface area (Å²) in [6.45, 7) is 12.5. The summed E-state index contributed by atoms with van der Waals surface area (Å²) in [5.74, 6) is 0.655. The molecule has 0 bridgehead atoms. The Hall–Kier alpha value is -0.870. The molecule has 0 saturated carbocycles. The zero-order chi connectivity index (χ0) is 12.8. The van der Waals surface area contributed by atoms with Crippen LogP contribution >= 0.6 is 0 Å². The number of rotatable bonds is 7. The van der Waals surface area contributed by atoms with E-state index in [1.807, 2.05) is 12.5 Å². The van der Waals surface area contributed by atoms with Crippen molar-refractivity contribution in [1.29, 1.82) is 0 Å². The van der Waals surface area contributed by atoms with E-state index >= 15 is 0 Å². The fourth-order valence-corrected chi connectivity index (χ4v) is 2.28. The van der Waals surface area contributed by atoms with Crippen molar-refractivity contribution in [3.8, 4) is 0 Å². The lowest BCUT2D eigenvalue weighted by Crippen LogP contribution is -2.37. The molecule has 0 aliphatic heterocycles. The predicted molar refractivity (Wildman–Crippen MR) is 71.8 cm³/mol. The Morgan fingerprint density at radius 2 is 2.12 bits per heavy atom. The average Bonchev–Trinajstić information content (AvgIpc) is 2.76. The second-order valence-electron chi connectivity index (χ2n) is 4.84. The normalized spacial score (nSPS) is 13.6. The topological polar surface area (TPSA) is 47.1 Å². The van der Waals surface area contributed by atoms with Gasteiger partial charge >= 0.3 is 0 Å². The molecule has 17 heavy (non-hydrogen) atoms. The smallest absolute Gasteiger partial charge is 0.0948 e. The average molecular weight is 238 g/mol. The first-order chi connectivity index (χ1) is 8.13. The van der Waals surface area contributed by atoms with E-state index in [2.05, 4.69) is 42.1 Å². The zero-order valence-corrected chi connectivity index (χ0v) is 11.6. The summed E-state index contributed by atoms with van der Waals surface area (Å²) in [6.07, 6.45) is 3.84. The monoisotopic (exact) mass is 238 g/mol. The van der Waals surface area contributed by atoms with E-state index in [1.165, 1.54) is 5.69 Å². The third-order valence-electron chi connectivity index (χ3n) is 3.10. The third kappa shape index (κ3) is 3.54. The highest BCUT2D eigenvalue weighted by atomic mass is 15.2. The lowest BCUT2D eigenvalue weighted by molar-refractivity contribution is 0.182. The largest absolute Gasteiger partial charge is 0.333 e. The van der Waals surface area contributed by atoms with Gasteiger partial charge in [0.25, 0.3) is 0 Å². The van der Waals surface area contributed by atoms with E-state index in [9.17, 15) is 0 Å². The van der Waals surface area contributed by atoms with E-state index in [0.29, 0.717) is 12.5 Å². The maximum atomic E-state index is 5.96. The third-order valence-corrected chi connectivity index (χ3v) is 3.10. The lowest BCUT2D eigenvalue weighted by Gasteiger charge is -2.31. The first kappa shape index (κ1) is 14.2. The van der Waals surface area contributed by atoms with Gasteiger partial charge in [-0.2, -0.15) is 0 Å². The Morgan fingerprint density at radius 1 is 1.41 bits per heavy atom. The van der Waals surface area contributed by atoms with Crippen molar-refractivity contribution in [2.45, 2.75) is 40.3 Å². The van der Waals surface area contributed by atoms with Crippen LogP contribution in [0, 0.1) is 5.92 Å². The van der Waals surface area contributed by atoms with E-state index in [-0.39, 0.29) is 6.04 Å². The molecule has 0 fully saturated rings. The van der Waals surface area contributed by atoms with Gasteiger partial charge in [-0.05, 0) is 19.4 Å². The Balaban J connectivity index is 2.88. The molecule has 0 aliphatic carbocycles. The molecule has 0 radical (unpaired) electrons. The molecular weight excluding hydrogens is 212 g/mol. The maximum Gasteiger partial charge on any atom is 0.0948 e. The van der Waals surface area contributed by atoms with Gasteiger partial charge in [0.05, 0.1) is 18.1 Å². The van der Waals surface area contributed by atoms with Gasteiger partial charge in [-0.15, -0.1) is 0 Å². The van der Waals surface area contributed by atoms with Crippen LogP contribution in [0.3, 0.4) is 0 Å². The highest BCUT2D eigenvalue weighted by molar-refractivity contribution is 5.06.